The van der Waals surface area contributed by atoms with Gasteiger partial charge in [0, 0.05) is 45.9 Å². The number of nitrogens with one attached hydrogen (secondary N) is 1. The van der Waals surface area contributed by atoms with Crippen LogP contribution in [-0.4, -0.2) is 88.3 Å². The van der Waals surface area contributed by atoms with Crippen LogP contribution in [0.5, 0.6) is 0 Å². The number of aliphatic carboxylic acids is 2. The van der Waals surface area contributed by atoms with Gasteiger partial charge in [-0.05, 0) is 37.2 Å². The number of imidazole rings is 1. The Labute approximate surface area is 232 Å². The molecule has 41 heavy (non-hydrogen) atoms. The van der Waals surface area contributed by atoms with E-state index in [0.29, 0.717) is 0 Å². The molecule has 3 aliphatic rings. The van der Waals surface area contributed by atoms with Crippen molar-refractivity contribution in [3.63, 3.8) is 0 Å². The van der Waals surface area contributed by atoms with Crippen LogP contribution in [0.25, 0.3) is 11.3 Å². The molecule has 1 aromatic carbocycles. The number of carbonyl (C=O) groups is 2. The normalized spacial score (nSPS) is 19.3. The summed E-state index contributed by atoms with van der Waals surface area (Å²) in [6.45, 7) is 7.50. The van der Waals surface area contributed by atoms with Crippen LogP contribution in [0.1, 0.15) is 31.5 Å². The van der Waals surface area contributed by atoms with E-state index in [1.54, 1.807) is 0 Å². The number of hydrogen-bond acceptors (Lipinski definition) is 6. The van der Waals surface area contributed by atoms with E-state index in [-0.39, 0.29) is 5.54 Å². The van der Waals surface area contributed by atoms with E-state index in [4.69, 9.17) is 29.5 Å². The molecule has 3 N–H and O–H groups in total. The summed E-state index contributed by atoms with van der Waals surface area (Å²) in [5.74, 6) is -3.45. The second kappa shape index (κ2) is 13.7. The highest BCUT2D eigenvalue weighted by molar-refractivity contribution is 5.73. The second-order valence-electron chi connectivity index (χ2n) is 9.96. The topological polar surface area (TPSA) is 117 Å². The number of carboxylic acids is 2. The molecule has 228 valence electrons. The van der Waals surface area contributed by atoms with Crippen molar-refractivity contribution < 1.29 is 50.9 Å². The summed E-state index contributed by atoms with van der Waals surface area (Å²) in [5, 5.41) is 18.1. The standard InChI is InChI=1S/C22H30N4O.2C2HF3O2/c1-2-4-19(5-3-1)20-16-23-21-22(24-10-13-26(20)21)8-11-25(12-9-22)17-18-6-14-27-15-7-18;2*3-2(4,5)1(6)7/h1-5,16,18,24H,6-15,17H2;2*(H,6,7). The highest BCUT2D eigenvalue weighted by atomic mass is 19.4. The van der Waals surface area contributed by atoms with Crippen LogP contribution in [0.15, 0.2) is 36.5 Å². The van der Waals surface area contributed by atoms with Gasteiger partial charge in [-0.15, -0.1) is 0 Å². The summed E-state index contributed by atoms with van der Waals surface area (Å²) in [5.41, 5.74) is 2.58. The number of benzene rings is 1. The van der Waals surface area contributed by atoms with Gasteiger partial charge in [-0.25, -0.2) is 14.6 Å². The number of ether oxygens (including phenoxy) is 1. The van der Waals surface area contributed by atoms with E-state index in [0.717, 1.165) is 58.2 Å². The molecule has 2 aromatic rings. The minimum Gasteiger partial charge on any atom is -0.475 e. The Morgan fingerprint density at radius 2 is 1.49 bits per heavy atom. The number of piperidine rings is 1. The molecule has 0 aliphatic carbocycles. The van der Waals surface area contributed by atoms with E-state index in [1.165, 1.54) is 36.5 Å². The third-order valence-corrected chi connectivity index (χ3v) is 7.20. The van der Waals surface area contributed by atoms with Crippen LogP contribution in [0, 0.1) is 5.92 Å². The first kappa shape index (κ1) is 32.3. The van der Waals surface area contributed by atoms with Crippen LogP contribution in [0.4, 0.5) is 26.3 Å². The molecule has 3 aliphatic heterocycles. The smallest absolute Gasteiger partial charge is 0.475 e. The van der Waals surface area contributed by atoms with E-state index in [9.17, 15) is 26.3 Å². The van der Waals surface area contributed by atoms with Crippen LogP contribution >= 0.6 is 0 Å². The first-order chi connectivity index (χ1) is 19.2. The summed E-state index contributed by atoms with van der Waals surface area (Å²) in [6, 6.07) is 10.7. The monoisotopic (exact) mass is 594 g/mol. The minimum absolute atomic E-state index is 0.0530. The van der Waals surface area contributed by atoms with Gasteiger partial charge < -0.3 is 29.7 Å². The highest BCUT2D eigenvalue weighted by Crippen LogP contribution is 2.37. The van der Waals surface area contributed by atoms with E-state index >= 15 is 0 Å². The van der Waals surface area contributed by atoms with Gasteiger partial charge in [-0.2, -0.15) is 26.3 Å². The number of nitrogens with zero attached hydrogens (tertiary/aromatic N) is 3. The molecule has 5 rings (SSSR count). The number of aromatic nitrogens is 2. The zero-order valence-corrected chi connectivity index (χ0v) is 22.0. The Morgan fingerprint density at radius 3 is 2.00 bits per heavy atom. The molecule has 0 saturated carbocycles. The van der Waals surface area contributed by atoms with Crippen molar-refractivity contribution in [2.45, 2.75) is 50.1 Å². The number of fused-ring (bicyclic) bond motifs is 2. The Balaban J connectivity index is 0.000000276. The van der Waals surface area contributed by atoms with E-state index in [2.05, 4.69) is 51.3 Å². The number of halogens is 6. The number of alkyl halides is 6. The third-order valence-electron chi connectivity index (χ3n) is 7.20. The predicted molar refractivity (Wildman–Crippen MR) is 134 cm³/mol. The first-order valence-electron chi connectivity index (χ1n) is 13.0. The van der Waals surface area contributed by atoms with Gasteiger partial charge in [0.2, 0.25) is 0 Å². The van der Waals surface area contributed by atoms with Crippen molar-refractivity contribution in [1.82, 2.24) is 19.8 Å². The fourth-order valence-corrected chi connectivity index (χ4v) is 5.12. The highest BCUT2D eigenvalue weighted by Gasteiger charge is 2.42. The fraction of sp³-hybridized carbons (Fsp3) is 0.577. The Bertz CT molecular complexity index is 1120. The lowest BCUT2D eigenvalue weighted by Crippen LogP contribution is -2.56. The van der Waals surface area contributed by atoms with Crippen molar-refractivity contribution in [2.24, 2.45) is 5.92 Å². The fourth-order valence-electron chi connectivity index (χ4n) is 5.12. The molecule has 0 bridgehead atoms. The first-order valence-corrected chi connectivity index (χ1v) is 13.0. The molecule has 9 nitrogen and oxygen atoms in total. The average Bonchev–Trinajstić information content (AvgIpc) is 3.37. The third kappa shape index (κ3) is 8.91. The van der Waals surface area contributed by atoms with Gasteiger partial charge in [0.15, 0.2) is 0 Å². The van der Waals surface area contributed by atoms with Crippen LogP contribution in [-0.2, 0) is 26.4 Å². The Hall–Kier alpha value is -3.17. The van der Waals surface area contributed by atoms with Crippen molar-refractivity contribution >= 4 is 11.9 Å². The molecule has 1 aromatic heterocycles. The van der Waals surface area contributed by atoms with E-state index in [1.807, 2.05) is 0 Å². The lowest BCUT2D eigenvalue weighted by atomic mass is 9.84. The van der Waals surface area contributed by atoms with Gasteiger partial charge in [0.1, 0.15) is 5.82 Å². The Kier molecular flexibility index (Phi) is 10.8. The summed E-state index contributed by atoms with van der Waals surface area (Å²) in [4.78, 5) is 25.4. The van der Waals surface area contributed by atoms with Crippen molar-refractivity contribution in [2.75, 3.05) is 39.4 Å². The van der Waals surface area contributed by atoms with Gasteiger partial charge >= 0.3 is 24.3 Å². The predicted octanol–water partition coefficient (Wildman–Crippen LogP) is 4.14. The Morgan fingerprint density at radius 1 is 0.951 bits per heavy atom. The van der Waals surface area contributed by atoms with Gasteiger partial charge in [0.05, 0.1) is 17.4 Å². The molecule has 0 radical (unpaired) electrons. The summed E-state index contributed by atoms with van der Waals surface area (Å²) in [7, 11) is 0. The number of likely N-dealkylation sites (tertiary alicyclic amines) is 1. The number of carboxylic acid groups (broad SMARTS) is 2. The van der Waals surface area contributed by atoms with Gasteiger partial charge in [-0.1, -0.05) is 30.3 Å². The lowest BCUT2D eigenvalue weighted by Gasteiger charge is -2.45. The molecule has 15 heteroatoms. The zero-order chi connectivity index (χ0) is 30.3. The van der Waals surface area contributed by atoms with Crippen molar-refractivity contribution in [3.05, 3.63) is 42.4 Å². The molecular weight excluding hydrogens is 562 g/mol. The molecule has 0 unspecified atom stereocenters. The SMILES string of the molecule is O=C(O)C(F)(F)F.O=C(O)C(F)(F)F.c1ccc(-c2cnc3n2CCNC32CCN(CC3CCOCC3)CC2)cc1. The van der Waals surface area contributed by atoms with Crippen LogP contribution in [0.2, 0.25) is 0 Å². The summed E-state index contributed by atoms with van der Waals surface area (Å²) in [6.07, 6.45) is -3.33. The summed E-state index contributed by atoms with van der Waals surface area (Å²) < 4.78 is 71.4. The minimum atomic E-state index is -5.08. The van der Waals surface area contributed by atoms with E-state index < -0.39 is 24.3 Å². The van der Waals surface area contributed by atoms with Crippen LogP contribution < -0.4 is 5.32 Å². The molecule has 2 saturated heterocycles. The second-order valence-corrected chi connectivity index (χ2v) is 9.96. The van der Waals surface area contributed by atoms with Gasteiger partial charge in [-0.3, -0.25) is 0 Å². The quantitative estimate of drug-likeness (QED) is 0.455. The van der Waals surface area contributed by atoms with Crippen molar-refractivity contribution in [1.29, 1.82) is 0 Å². The largest absolute Gasteiger partial charge is 0.490 e. The maximum absolute atomic E-state index is 10.6. The van der Waals surface area contributed by atoms with Crippen LogP contribution in [0.3, 0.4) is 0 Å². The lowest BCUT2D eigenvalue weighted by molar-refractivity contribution is -0.193. The molecule has 2 fully saturated rings. The molecule has 4 heterocycles. The zero-order valence-electron chi connectivity index (χ0n) is 22.0. The summed E-state index contributed by atoms with van der Waals surface area (Å²) >= 11 is 0. The average molecular weight is 595 g/mol. The maximum atomic E-state index is 10.6. The maximum Gasteiger partial charge on any atom is 0.490 e. The van der Waals surface area contributed by atoms with Crippen molar-refractivity contribution in [3.8, 4) is 11.3 Å². The molecule has 0 amide bonds. The number of hydrogen-bond donors (Lipinski definition) is 3. The molecular formula is C26H32F6N4O5. The van der Waals surface area contributed by atoms with Gasteiger partial charge in [0.25, 0.3) is 0 Å². The molecule has 1 spiro atoms. The number of rotatable bonds is 3. The molecule has 0 atom stereocenters.